The van der Waals surface area contributed by atoms with Gasteiger partial charge in [-0.3, -0.25) is 4.79 Å². The number of hydrogen-bond acceptors (Lipinski definition) is 3. The molecule has 4 heteroatoms. The second kappa shape index (κ2) is 5.95. The van der Waals surface area contributed by atoms with Crippen molar-refractivity contribution < 1.29 is 4.79 Å². The minimum absolute atomic E-state index is 0.431. The van der Waals surface area contributed by atoms with E-state index in [9.17, 15) is 4.79 Å². The first kappa shape index (κ1) is 13.7. The lowest BCUT2D eigenvalue weighted by Gasteiger charge is -2.30. The Kier molecular flexibility index (Phi) is 4.30. The lowest BCUT2D eigenvalue weighted by Crippen LogP contribution is -2.28. The number of benzene rings is 1. The molecule has 0 saturated heterocycles. The van der Waals surface area contributed by atoms with Crippen molar-refractivity contribution in [1.82, 2.24) is 0 Å². The van der Waals surface area contributed by atoms with Crippen molar-refractivity contribution in [3.05, 3.63) is 23.8 Å². The molecule has 2 unspecified atom stereocenters. The summed E-state index contributed by atoms with van der Waals surface area (Å²) in [5.41, 5.74) is 13.0. The van der Waals surface area contributed by atoms with E-state index >= 15 is 0 Å². The molecule has 5 N–H and O–H groups in total. The Balaban J connectivity index is 2.12. The molecule has 1 aliphatic carbocycles. The Bertz CT molecular complexity index is 459. The van der Waals surface area contributed by atoms with Gasteiger partial charge in [0.15, 0.2) is 0 Å². The summed E-state index contributed by atoms with van der Waals surface area (Å²) in [7, 11) is 0. The maximum atomic E-state index is 11.5. The number of primary amides is 1. The Morgan fingerprint density at radius 2 is 2.21 bits per heavy atom. The highest BCUT2D eigenvalue weighted by Crippen LogP contribution is 2.29. The fraction of sp³-hybridized carbons (Fsp3) is 0.533. The van der Waals surface area contributed by atoms with E-state index in [1.165, 1.54) is 25.7 Å². The molecular weight excluding hydrogens is 238 g/mol. The van der Waals surface area contributed by atoms with Crippen molar-refractivity contribution in [2.24, 2.45) is 11.7 Å². The summed E-state index contributed by atoms with van der Waals surface area (Å²) in [5.74, 6) is 0.356. The molecule has 0 heterocycles. The van der Waals surface area contributed by atoms with E-state index in [2.05, 4.69) is 12.2 Å². The maximum Gasteiger partial charge on any atom is 0.250 e. The van der Waals surface area contributed by atoms with Gasteiger partial charge in [-0.15, -0.1) is 0 Å². The van der Waals surface area contributed by atoms with E-state index in [4.69, 9.17) is 11.5 Å². The van der Waals surface area contributed by atoms with Gasteiger partial charge in [0, 0.05) is 17.4 Å². The number of nitrogen functional groups attached to an aromatic ring is 1. The average Bonchev–Trinajstić information content (AvgIpc) is 2.41. The van der Waals surface area contributed by atoms with Gasteiger partial charge in [-0.25, -0.2) is 0 Å². The number of hydrogen-bond donors (Lipinski definition) is 3. The molecule has 0 spiro atoms. The fourth-order valence-electron chi connectivity index (χ4n) is 2.90. The lowest BCUT2D eigenvalue weighted by molar-refractivity contribution is 0.100. The number of nitrogens with one attached hydrogen (secondary N) is 1. The number of carbonyl (C=O) groups excluding carboxylic acids is 1. The van der Waals surface area contributed by atoms with Crippen LogP contribution in [0.5, 0.6) is 0 Å². The molecule has 104 valence electrons. The van der Waals surface area contributed by atoms with Crippen molar-refractivity contribution in [2.75, 3.05) is 11.1 Å². The van der Waals surface area contributed by atoms with E-state index in [0.29, 0.717) is 17.3 Å². The summed E-state index contributed by atoms with van der Waals surface area (Å²) in [6, 6.07) is 5.73. The van der Waals surface area contributed by atoms with Crippen LogP contribution in [-0.4, -0.2) is 11.9 Å². The zero-order valence-corrected chi connectivity index (χ0v) is 11.5. The summed E-state index contributed by atoms with van der Waals surface area (Å²) >= 11 is 0. The zero-order valence-electron chi connectivity index (χ0n) is 11.5. The van der Waals surface area contributed by atoms with Crippen molar-refractivity contribution in [3.63, 3.8) is 0 Å². The van der Waals surface area contributed by atoms with E-state index in [1.54, 1.807) is 12.1 Å². The summed E-state index contributed by atoms with van der Waals surface area (Å²) < 4.78 is 0. The lowest BCUT2D eigenvalue weighted by atomic mass is 9.84. The Morgan fingerprint density at radius 1 is 1.42 bits per heavy atom. The summed E-state index contributed by atoms with van der Waals surface area (Å²) in [4.78, 5) is 11.5. The highest BCUT2D eigenvalue weighted by molar-refractivity contribution is 5.99. The van der Waals surface area contributed by atoms with Gasteiger partial charge in [-0.05, 0) is 37.0 Å². The van der Waals surface area contributed by atoms with E-state index in [0.717, 1.165) is 18.0 Å². The number of nitrogens with two attached hydrogens (primary N) is 2. The average molecular weight is 261 g/mol. The summed E-state index contributed by atoms with van der Waals surface area (Å²) in [6.07, 6.45) is 6.11. The van der Waals surface area contributed by atoms with Gasteiger partial charge in [0.25, 0.3) is 5.91 Å². The van der Waals surface area contributed by atoms with Crippen LogP contribution in [0.15, 0.2) is 18.2 Å². The molecule has 19 heavy (non-hydrogen) atoms. The number of carbonyl (C=O) groups is 1. The van der Waals surface area contributed by atoms with Crippen molar-refractivity contribution in [3.8, 4) is 0 Å². The molecule has 0 bridgehead atoms. The Labute approximate surface area is 114 Å². The Hall–Kier alpha value is -1.71. The van der Waals surface area contributed by atoms with Crippen LogP contribution in [0.4, 0.5) is 11.4 Å². The van der Waals surface area contributed by atoms with Gasteiger partial charge in [-0.2, -0.15) is 0 Å². The molecule has 2 atom stereocenters. The third-order valence-corrected chi connectivity index (χ3v) is 4.03. The van der Waals surface area contributed by atoms with Crippen LogP contribution in [0, 0.1) is 5.92 Å². The zero-order chi connectivity index (χ0) is 13.8. The van der Waals surface area contributed by atoms with Gasteiger partial charge in [0.1, 0.15) is 0 Å². The number of anilines is 2. The molecule has 1 fully saturated rings. The highest BCUT2D eigenvalue weighted by Gasteiger charge is 2.21. The molecule has 1 saturated carbocycles. The minimum Gasteiger partial charge on any atom is -0.399 e. The molecule has 4 nitrogen and oxygen atoms in total. The number of amides is 1. The second-order valence-corrected chi connectivity index (χ2v) is 5.45. The van der Waals surface area contributed by atoms with Crippen LogP contribution in [0.3, 0.4) is 0 Å². The minimum atomic E-state index is -0.433. The first-order valence-electron chi connectivity index (χ1n) is 7.06. The quantitative estimate of drug-likeness (QED) is 0.729. The number of rotatable bonds is 4. The van der Waals surface area contributed by atoms with Crippen LogP contribution < -0.4 is 16.8 Å². The predicted molar refractivity (Wildman–Crippen MR) is 79.0 cm³/mol. The van der Waals surface area contributed by atoms with E-state index < -0.39 is 5.91 Å². The smallest absolute Gasteiger partial charge is 0.250 e. The largest absolute Gasteiger partial charge is 0.399 e. The van der Waals surface area contributed by atoms with Crippen molar-refractivity contribution in [2.45, 2.75) is 45.1 Å². The maximum absolute atomic E-state index is 11.5. The van der Waals surface area contributed by atoms with Gasteiger partial charge in [0.2, 0.25) is 0 Å². The highest BCUT2D eigenvalue weighted by atomic mass is 16.1. The molecule has 1 amide bonds. The van der Waals surface area contributed by atoms with Crippen LogP contribution in [0.25, 0.3) is 0 Å². The molecule has 2 rings (SSSR count). The fourth-order valence-corrected chi connectivity index (χ4v) is 2.90. The Morgan fingerprint density at radius 3 is 2.89 bits per heavy atom. The third-order valence-electron chi connectivity index (χ3n) is 4.03. The molecule has 0 aromatic heterocycles. The van der Waals surface area contributed by atoms with Gasteiger partial charge in [0.05, 0.1) is 5.56 Å². The van der Waals surface area contributed by atoms with Crippen molar-refractivity contribution >= 4 is 17.3 Å². The molecule has 1 aromatic rings. The molecular formula is C15H23N3O. The van der Waals surface area contributed by atoms with E-state index in [-0.39, 0.29) is 0 Å². The second-order valence-electron chi connectivity index (χ2n) is 5.45. The van der Waals surface area contributed by atoms with Gasteiger partial charge >= 0.3 is 0 Å². The standard InChI is InChI=1S/C15H23N3O/c1-2-10-4-3-5-12(8-10)18-14-7-6-11(16)9-13(14)15(17)19/h6-7,9-10,12,18H,2-5,8,16H2,1H3,(H2,17,19). The molecule has 0 radical (unpaired) electrons. The third kappa shape index (κ3) is 3.40. The first-order chi connectivity index (χ1) is 9.10. The predicted octanol–water partition coefficient (Wildman–Crippen LogP) is 2.75. The first-order valence-corrected chi connectivity index (χ1v) is 7.06. The van der Waals surface area contributed by atoms with Crippen LogP contribution in [0.1, 0.15) is 49.4 Å². The van der Waals surface area contributed by atoms with Crippen LogP contribution >= 0.6 is 0 Å². The molecule has 0 aliphatic heterocycles. The molecule has 1 aliphatic rings. The monoisotopic (exact) mass is 261 g/mol. The normalized spacial score (nSPS) is 23.0. The van der Waals surface area contributed by atoms with Crippen LogP contribution in [0.2, 0.25) is 0 Å². The van der Waals surface area contributed by atoms with Gasteiger partial charge < -0.3 is 16.8 Å². The summed E-state index contributed by atoms with van der Waals surface area (Å²) in [5, 5.41) is 3.47. The van der Waals surface area contributed by atoms with Crippen LogP contribution in [-0.2, 0) is 0 Å². The summed E-state index contributed by atoms with van der Waals surface area (Å²) in [6.45, 7) is 2.24. The van der Waals surface area contributed by atoms with E-state index in [1.807, 2.05) is 6.07 Å². The van der Waals surface area contributed by atoms with Gasteiger partial charge in [-0.1, -0.05) is 26.2 Å². The molecule has 1 aromatic carbocycles. The topological polar surface area (TPSA) is 81.1 Å². The SMILES string of the molecule is CCC1CCCC(Nc2ccc(N)cc2C(N)=O)C1. The van der Waals surface area contributed by atoms with Crippen molar-refractivity contribution in [1.29, 1.82) is 0 Å².